The zero-order valence-electron chi connectivity index (χ0n) is 12.5. The van der Waals surface area contributed by atoms with Gasteiger partial charge in [0, 0.05) is 12.2 Å². The van der Waals surface area contributed by atoms with Gasteiger partial charge < -0.3 is 15.1 Å². The number of benzene rings is 2. The average molecular weight is 301 g/mol. The minimum atomic E-state index is -0.965. The van der Waals surface area contributed by atoms with Crippen molar-refractivity contribution in [2.45, 2.75) is 25.5 Å². The van der Waals surface area contributed by atoms with Crippen molar-refractivity contribution in [3.05, 3.63) is 65.0 Å². The van der Waals surface area contributed by atoms with Crippen molar-refractivity contribution in [2.24, 2.45) is 0 Å². The van der Waals surface area contributed by atoms with Crippen molar-refractivity contribution in [3.8, 4) is 0 Å². The van der Waals surface area contributed by atoms with Gasteiger partial charge in [-0.3, -0.25) is 0 Å². The number of aliphatic hydroxyl groups is 2. The van der Waals surface area contributed by atoms with Crippen LogP contribution >= 0.6 is 0 Å². The quantitative estimate of drug-likeness (QED) is 0.912. The summed E-state index contributed by atoms with van der Waals surface area (Å²) in [5.41, 5.74) is 4.12. The van der Waals surface area contributed by atoms with Gasteiger partial charge in [-0.2, -0.15) is 0 Å². The minimum absolute atomic E-state index is 0.336. The van der Waals surface area contributed by atoms with Crippen molar-refractivity contribution >= 4 is 5.69 Å². The summed E-state index contributed by atoms with van der Waals surface area (Å²) in [7, 11) is 0. The minimum Gasteiger partial charge on any atom is -0.394 e. The van der Waals surface area contributed by atoms with Crippen LogP contribution in [0, 0.1) is 12.7 Å². The van der Waals surface area contributed by atoms with Crippen LogP contribution in [0.3, 0.4) is 0 Å². The molecule has 0 bridgehead atoms. The standard InChI is InChI=1S/C18H20FNO2/c1-12-4-2-5-13-8-9-20(17(12)13)18(16(22)11-21)14-6-3-7-15(19)10-14/h2-7,10,16,18,21-22H,8-9,11H2,1H3/t16-,18+/m1/s1. The number of para-hydroxylation sites is 1. The molecule has 0 amide bonds. The molecule has 22 heavy (non-hydrogen) atoms. The van der Waals surface area contributed by atoms with Gasteiger partial charge in [-0.25, -0.2) is 4.39 Å². The molecule has 3 nitrogen and oxygen atoms in total. The van der Waals surface area contributed by atoms with E-state index in [-0.39, 0.29) is 12.4 Å². The molecule has 1 aliphatic heterocycles. The summed E-state index contributed by atoms with van der Waals surface area (Å²) in [6.45, 7) is 2.42. The third-order valence-corrected chi connectivity index (χ3v) is 4.31. The number of anilines is 1. The topological polar surface area (TPSA) is 43.7 Å². The summed E-state index contributed by atoms with van der Waals surface area (Å²) in [5, 5.41) is 19.8. The molecule has 2 aromatic rings. The van der Waals surface area contributed by atoms with Gasteiger partial charge in [0.15, 0.2) is 0 Å². The predicted molar refractivity (Wildman–Crippen MR) is 84.5 cm³/mol. The zero-order chi connectivity index (χ0) is 15.7. The molecule has 4 heteroatoms. The molecule has 0 fully saturated rings. The van der Waals surface area contributed by atoms with Gasteiger partial charge in [0.25, 0.3) is 0 Å². The smallest absolute Gasteiger partial charge is 0.123 e. The first-order valence-corrected chi connectivity index (χ1v) is 7.51. The monoisotopic (exact) mass is 301 g/mol. The van der Waals surface area contributed by atoms with E-state index in [0.29, 0.717) is 5.56 Å². The molecule has 3 rings (SSSR count). The van der Waals surface area contributed by atoms with E-state index in [4.69, 9.17) is 0 Å². The zero-order valence-corrected chi connectivity index (χ0v) is 12.5. The fourth-order valence-corrected chi connectivity index (χ4v) is 3.36. The van der Waals surface area contributed by atoms with Crippen LogP contribution in [0.4, 0.5) is 10.1 Å². The van der Waals surface area contributed by atoms with Gasteiger partial charge in [0.05, 0.1) is 12.6 Å². The molecule has 0 radical (unpaired) electrons. The molecule has 1 heterocycles. The van der Waals surface area contributed by atoms with Gasteiger partial charge in [-0.15, -0.1) is 0 Å². The van der Waals surface area contributed by atoms with Crippen molar-refractivity contribution in [3.63, 3.8) is 0 Å². The molecule has 2 aromatic carbocycles. The summed E-state index contributed by atoms with van der Waals surface area (Å²) in [6.07, 6.45) is -0.0756. The maximum absolute atomic E-state index is 13.6. The fourth-order valence-electron chi connectivity index (χ4n) is 3.36. The Balaban J connectivity index is 2.06. The molecule has 0 saturated carbocycles. The van der Waals surface area contributed by atoms with E-state index in [2.05, 4.69) is 11.0 Å². The highest BCUT2D eigenvalue weighted by molar-refractivity contribution is 5.64. The molecule has 116 valence electrons. The molecule has 0 unspecified atom stereocenters. The van der Waals surface area contributed by atoms with Crippen LogP contribution in [0.1, 0.15) is 22.7 Å². The lowest BCUT2D eigenvalue weighted by molar-refractivity contribution is 0.0716. The normalized spacial score (nSPS) is 16.5. The summed E-state index contributed by atoms with van der Waals surface area (Å²) < 4.78 is 13.6. The lowest BCUT2D eigenvalue weighted by Gasteiger charge is -2.34. The molecular formula is C18H20FNO2. The summed E-state index contributed by atoms with van der Waals surface area (Å²) in [5.74, 6) is -0.336. The number of halogens is 1. The Morgan fingerprint density at radius 2 is 2.00 bits per heavy atom. The lowest BCUT2D eigenvalue weighted by atomic mass is 9.98. The largest absolute Gasteiger partial charge is 0.394 e. The van der Waals surface area contributed by atoms with Crippen LogP contribution in [-0.2, 0) is 6.42 Å². The van der Waals surface area contributed by atoms with E-state index in [1.165, 1.54) is 17.7 Å². The number of nitrogens with zero attached hydrogens (tertiary/aromatic N) is 1. The predicted octanol–water partition coefficient (Wildman–Crippen LogP) is 2.59. The molecule has 0 aromatic heterocycles. The van der Waals surface area contributed by atoms with E-state index < -0.39 is 12.1 Å². The van der Waals surface area contributed by atoms with Gasteiger partial charge in [-0.05, 0) is 42.2 Å². The number of fused-ring (bicyclic) bond motifs is 1. The van der Waals surface area contributed by atoms with Crippen molar-refractivity contribution in [1.29, 1.82) is 0 Å². The second-order valence-corrected chi connectivity index (χ2v) is 5.78. The fraction of sp³-hybridized carbons (Fsp3) is 0.333. The molecule has 0 spiro atoms. The van der Waals surface area contributed by atoms with Crippen LogP contribution in [0.15, 0.2) is 42.5 Å². The Morgan fingerprint density at radius 3 is 2.73 bits per heavy atom. The first-order chi connectivity index (χ1) is 10.6. The number of aliphatic hydroxyl groups excluding tert-OH is 2. The third kappa shape index (κ3) is 2.60. The number of aryl methyl sites for hydroxylation is 1. The van der Waals surface area contributed by atoms with Crippen LogP contribution in [0.2, 0.25) is 0 Å². The number of hydrogen-bond acceptors (Lipinski definition) is 3. The SMILES string of the molecule is Cc1cccc2c1N([C@@H](c1cccc(F)c1)[C@H](O)CO)CC2. The molecule has 0 aliphatic carbocycles. The van der Waals surface area contributed by atoms with Crippen molar-refractivity contribution in [1.82, 2.24) is 0 Å². The van der Waals surface area contributed by atoms with Gasteiger partial charge in [-0.1, -0.05) is 30.3 Å². The average Bonchev–Trinajstić information content (AvgIpc) is 2.93. The van der Waals surface area contributed by atoms with E-state index in [0.717, 1.165) is 24.2 Å². The van der Waals surface area contributed by atoms with E-state index in [9.17, 15) is 14.6 Å². The molecule has 0 saturated heterocycles. The Bertz CT molecular complexity index is 674. The summed E-state index contributed by atoms with van der Waals surface area (Å²) in [6, 6.07) is 11.9. The highest BCUT2D eigenvalue weighted by atomic mass is 19.1. The van der Waals surface area contributed by atoms with Gasteiger partial charge >= 0.3 is 0 Å². The Labute approximate surface area is 129 Å². The first kappa shape index (κ1) is 15.0. The molecule has 2 atom stereocenters. The third-order valence-electron chi connectivity index (χ3n) is 4.31. The molecular weight excluding hydrogens is 281 g/mol. The Hall–Kier alpha value is -1.91. The van der Waals surface area contributed by atoms with Crippen LogP contribution in [0.5, 0.6) is 0 Å². The van der Waals surface area contributed by atoms with E-state index in [1.54, 1.807) is 12.1 Å². The van der Waals surface area contributed by atoms with Crippen molar-refractivity contribution < 1.29 is 14.6 Å². The lowest BCUT2D eigenvalue weighted by Crippen LogP contribution is -2.37. The summed E-state index contributed by atoms with van der Waals surface area (Å²) >= 11 is 0. The second kappa shape index (κ2) is 6.07. The van der Waals surface area contributed by atoms with Gasteiger partial charge in [0.2, 0.25) is 0 Å². The van der Waals surface area contributed by atoms with Crippen LogP contribution < -0.4 is 4.90 Å². The number of hydrogen-bond donors (Lipinski definition) is 2. The Morgan fingerprint density at radius 1 is 1.23 bits per heavy atom. The Kier molecular flexibility index (Phi) is 4.14. The van der Waals surface area contributed by atoms with Crippen molar-refractivity contribution in [2.75, 3.05) is 18.1 Å². The van der Waals surface area contributed by atoms with E-state index >= 15 is 0 Å². The maximum atomic E-state index is 13.6. The highest BCUT2D eigenvalue weighted by Crippen LogP contribution is 2.39. The second-order valence-electron chi connectivity index (χ2n) is 5.78. The molecule has 1 aliphatic rings. The van der Waals surface area contributed by atoms with Gasteiger partial charge in [0.1, 0.15) is 11.9 Å². The van der Waals surface area contributed by atoms with E-state index in [1.807, 2.05) is 19.1 Å². The molecule has 2 N–H and O–H groups in total. The highest BCUT2D eigenvalue weighted by Gasteiger charge is 2.33. The van der Waals surface area contributed by atoms with Crippen LogP contribution in [0.25, 0.3) is 0 Å². The first-order valence-electron chi connectivity index (χ1n) is 7.51. The van der Waals surface area contributed by atoms with Crippen LogP contribution in [-0.4, -0.2) is 29.5 Å². The number of rotatable bonds is 4. The summed E-state index contributed by atoms with van der Waals surface area (Å²) in [4.78, 5) is 2.08. The maximum Gasteiger partial charge on any atom is 0.123 e.